The largest absolute Gasteiger partial charge is 0.394 e. The molecule has 2 N–H and O–H groups in total. The number of nitrogen functional groups attached to an aromatic ring is 1. The Hall–Kier alpha value is -1.26. The van der Waals surface area contributed by atoms with Crippen LogP contribution in [0.15, 0.2) is 0 Å². The number of anilines is 1. The minimum Gasteiger partial charge on any atom is -0.394 e. The lowest BCUT2D eigenvalue weighted by Gasteiger charge is -1.99. The zero-order valence-corrected chi connectivity index (χ0v) is 5.09. The Morgan fingerprint density at radius 1 is 0.909 bits per heavy atom. The highest BCUT2D eigenvalue weighted by Gasteiger charge is 2.16. The number of hydrogen-bond acceptors (Lipinski definition) is 1. The number of rotatable bonds is 0. The molecule has 0 heterocycles. The van der Waals surface area contributed by atoms with Crippen molar-refractivity contribution >= 4 is 5.69 Å². The van der Waals surface area contributed by atoms with Crippen molar-refractivity contribution in [3.63, 3.8) is 0 Å². The maximum Gasteiger partial charge on any atom is 0.185 e. The lowest BCUT2D eigenvalue weighted by molar-refractivity contribution is 0.457. The lowest BCUT2D eigenvalue weighted by atomic mass is 10.3. The van der Waals surface area contributed by atoms with Crippen LogP contribution in [-0.4, -0.2) is 0 Å². The van der Waals surface area contributed by atoms with E-state index in [1.54, 1.807) is 0 Å². The van der Waals surface area contributed by atoms with Crippen molar-refractivity contribution in [2.45, 2.75) is 0 Å². The van der Waals surface area contributed by atoms with Gasteiger partial charge in [-0.3, -0.25) is 0 Å². The number of nitrogens with two attached hydrogens (primary N) is 1. The summed E-state index contributed by atoms with van der Waals surface area (Å²) >= 11 is 0. The summed E-state index contributed by atoms with van der Waals surface area (Å²) in [5, 5.41) is 0. The molecule has 0 aliphatic carbocycles. The molecule has 0 bridgehead atoms. The molecule has 1 rings (SSSR count). The zero-order valence-electron chi connectivity index (χ0n) is 5.09. The summed E-state index contributed by atoms with van der Waals surface area (Å²) in [6.07, 6.45) is 0. The van der Waals surface area contributed by atoms with Gasteiger partial charge in [0.1, 0.15) is 5.69 Å². The molecular weight excluding hydrogens is 162 g/mol. The van der Waals surface area contributed by atoms with Crippen LogP contribution in [-0.2, 0) is 0 Å². The second-order valence-corrected chi connectivity index (χ2v) is 1.79. The van der Waals surface area contributed by atoms with Gasteiger partial charge in [0.25, 0.3) is 0 Å². The van der Waals surface area contributed by atoms with Crippen molar-refractivity contribution in [3.05, 3.63) is 29.3 Å². The SMILES string of the molecule is Nc1c(F)c(F)[c]c(F)c1F. The van der Waals surface area contributed by atoms with Crippen molar-refractivity contribution in [2.75, 3.05) is 5.73 Å². The van der Waals surface area contributed by atoms with Gasteiger partial charge in [0, 0.05) is 0 Å². The van der Waals surface area contributed by atoms with Crippen molar-refractivity contribution in [1.82, 2.24) is 0 Å². The number of halogens is 4. The molecule has 0 unspecified atom stereocenters. The van der Waals surface area contributed by atoms with E-state index in [4.69, 9.17) is 0 Å². The van der Waals surface area contributed by atoms with E-state index in [0.717, 1.165) is 0 Å². The highest BCUT2D eigenvalue weighted by molar-refractivity contribution is 5.41. The molecule has 11 heavy (non-hydrogen) atoms. The Morgan fingerprint density at radius 2 is 1.27 bits per heavy atom. The third kappa shape index (κ3) is 1.13. The summed E-state index contributed by atoms with van der Waals surface area (Å²) in [4.78, 5) is 0. The average molecular weight is 164 g/mol. The van der Waals surface area contributed by atoms with E-state index in [1.807, 2.05) is 0 Å². The van der Waals surface area contributed by atoms with Gasteiger partial charge in [-0.1, -0.05) is 0 Å². The minimum absolute atomic E-state index is 1.17. The Bertz CT molecular complexity index is 271. The maximum absolute atomic E-state index is 12.2. The van der Waals surface area contributed by atoms with Crippen LogP contribution in [0.5, 0.6) is 0 Å². The molecule has 59 valence electrons. The van der Waals surface area contributed by atoms with Gasteiger partial charge in [0.05, 0.1) is 6.07 Å². The van der Waals surface area contributed by atoms with E-state index >= 15 is 0 Å². The van der Waals surface area contributed by atoms with Crippen molar-refractivity contribution < 1.29 is 17.6 Å². The smallest absolute Gasteiger partial charge is 0.185 e. The van der Waals surface area contributed by atoms with E-state index < -0.39 is 29.0 Å². The van der Waals surface area contributed by atoms with Gasteiger partial charge >= 0.3 is 0 Å². The lowest BCUT2D eigenvalue weighted by Crippen LogP contribution is -2.01. The van der Waals surface area contributed by atoms with E-state index in [1.165, 1.54) is 6.07 Å². The second-order valence-electron chi connectivity index (χ2n) is 1.79. The molecule has 0 aliphatic heterocycles. The fourth-order valence-electron chi connectivity index (χ4n) is 0.539. The predicted octanol–water partition coefficient (Wildman–Crippen LogP) is 1.63. The van der Waals surface area contributed by atoms with Gasteiger partial charge in [0.2, 0.25) is 0 Å². The van der Waals surface area contributed by atoms with Gasteiger partial charge in [-0.25, -0.2) is 17.6 Å². The Morgan fingerprint density at radius 3 is 1.64 bits per heavy atom. The first-order valence-electron chi connectivity index (χ1n) is 2.54. The highest BCUT2D eigenvalue weighted by Crippen LogP contribution is 2.19. The van der Waals surface area contributed by atoms with Crippen molar-refractivity contribution in [1.29, 1.82) is 0 Å². The van der Waals surface area contributed by atoms with Gasteiger partial charge in [-0.15, -0.1) is 0 Å². The van der Waals surface area contributed by atoms with E-state index in [0.29, 0.717) is 0 Å². The average Bonchev–Trinajstić information content (AvgIpc) is 1.97. The van der Waals surface area contributed by atoms with Crippen LogP contribution in [0.4, 0.5) is 23.2 Å². The standard InChI is InChI=1S/C6H2F4N/c7-2-1-3(8)5(10)6(11)4(2)9/h11H2. The fraction of sp³-hybridized carbons (Fsp3) is 0. The van der Waals surface area contributed by atoms with Crippen LogP contribution < -0.4 is 5.73 Å². The van der Waals surface area contributed by atoms with E-state index in [-0.39, 0.29) is 0 Å². The summed E-state index contributed by atoms with van der Waals surface area (Å²) in [6, 6.07) is 1.18. The molecule has 0 fully saturated rings. The molecule has 0 amide bonds. The molecule has 0 atom stereocenters. The van der Waals surface area contributed by atoms with Crippen molar-refractivity contribution in [3.8, 4) is 0 Å². The maximum atomic E-state index is 12.2. The van der Waals surface area contributed by atoms with Crippen LogP contribution in [0.2, 0.25) is 0 Å². The Balaban J connectivity index is 3.46. The van der Waals surface area contributed by atoms with E-state index in [2.05, 4.69) is 5.73 Å². The molecule has 5 heteroatoms. The Kier molecular flexibility index (Phi) is 1.72. The topological polar surface area (TPSA) is 26.0 Å². The molecule has 1 radical (unpaired) electrons. The number of benzene rings is 1. The molecule has 1 nitrogen and oxygen atoms in total. The highest BCUT2D eigenvalue weighted by atomic mass is 19.2. The predicted molar refractivity (Wildman–Crippen MR) is 29.5 cm³/mol. The van der Waals surface area contributed by atoms with Gasteiger partial charge in [-0.2, -0.15) is 0 Å². The fourth-order valence-corrected chi connectivity index (χ4v) is 0.539. The first kappa shape index (κ1) is 7.84. The molecule has 0 spiro atoms. The summed E-state index contributed by atoms with van der Waals surface area (Å²) in [5.41, 5.74) is 3.47. The summed E-state index contributed by atoms with van der Waals surface area (Å²) in [5.74, 6) is -6.49. The van der Waals surface area contributed by atoms with Gasteiger partial charge < -0.3 is 5.73 Å². The van der Waals surface area contributed by atoms with Crippen molar-refractivity contribution in [2.24, 2.45) is 0 Å². The third-order valence-corrected chi connectivity index (χ3v) is 1.08. The Labute approximate surface area is 59.4 Å². The van der Waals surface area contributed by atoms with Crippen LogP contribution in [0, 0.1) is 29.3 Å². The number of hydrogen-bond donors (Lipinski definition) is 1. The summed E-state index contributed by atoms with van der Waals surface area (Å²) in [6.45, 7) is 0. The molecule has 0 saturated carbocycles. The van der Waals surface area contributed by atoms with Crippen LogP contribution >= 0.6 is 0 Å². The summed E-state index contributed by atoms with van der Waals surface area (Å²) in [7, 11) is 0. The first-order chi connectivity index (χ1) is 5.04. The quantitative estimate of drug-likeness (QED) is 0.352. The molecule has 1 aromatic carbocycles. The second kappa shape index (κ2) is 2.41. The molecule has 0 aliphatic rings. The van der Waals surface area contributed by atoms with Crippen LogP contribution in [0.25, 0.3) is 0 Å². The molecule has 1 aromatic rings. The van der Waals surface area contributed by atoms with E-state index in [9.17, 15) is 17.6 Å². The first-order valence-corrected chi connectivity index (χ1v) is 2.54. The van der Waals surface area contributed by atoms with Gasteiger partial charge in [0.15, 0.2) is 23.3 Å². The normalized spacial score (nSPS) is 10.2. The third-order valence-electron chi connectivity index (χ3n) is 1.08. The zero-order chi connectivity index (χ0) is 8.59. The van der Waals surface area contributed by atoms with Crippen LogP contribution in [0.1, 0.15) is 0 Å². The minimum atomic E-state index is -1.62. The molecule has 0 saturated heterocycles. The van der Waals surface area contributed by atoms with Gasteiger partial charge in [-0.05, 0) is 0 Å². The monoisotopic (exact) mass is 164 g/mol. The summed E-state index contributed by atoms with van der Waals surface area (Å²) < 4.78 is 48.7. The van der Waals surface area contributed by atoms with Crippen LogP contribution in [0.3, 0.4) is 0 Å². The molecule has 0 aromatic heterocycles. The molecular formula is C6H2F4N.